The maximum absolute atomic E-state index is 12.5. The molecule has 0 unspecified atom stereocenters. The lowest BCUT2D eigenvalue weighted by atomic mass is 9.84. The molecule has 6 nitrogen and oxygen atoms in total. The second-order valence-corrected chi connectivity index (χ2v) is 7.58. The number of likely N-dealkylation sites (tertiary alicyclic amines) is 1. The number of carbonyl (C=O) groups is 1. The molecule has 2 aliphatic heterocycles. The lowest BCUT2D eigenvalue weighted by Gasteiger charge is -2.37. The number of hydrogen-bond acceptors (Lipinski definition) is 4. The van der Waals surface area contributed by atoms with Crippen molar-refractivity contribution >= 4 is 6.03 Å². The Morgan fingerprint density at radius 1 is 1.52 bits per heavy atom. The van der Waals surface area contributed by atoms with Crippen molar-refractivity contribution in [2.45, 2.75) is 39.0 Å². The second-order valence-electron chi connectivity index (χ2n) is 7.58. The fourth-order valence-electron chi connectivity index (χ4n) is 3.69. The summed E-state index contributed by atoms with van der Waals surface area (Å²) >= 11 is 0. The smallest absolute Gasteiger partial charge is 0.317 e. The summed E-state index contributed by atoms with van der Waals surface area (Å²) < 4.78 is 6.07. The summed E-state index contributed by atoms with van der Waals surface area (Å²) in [5.74, 6) is 1.03. The van der Waals surface area contributed by atoms with Crippen LogP contribution >= 0.6 is 0 Å². The maximum atomic E-state index is 12.5. The number of ether oxygens (including phenoxy) is 1. The van der Waals surface area contributed by atoms with E-state index >= 15 is 0 Å². The van der Waals surface area contributed by atoms with Crippen LogP contribution in [0.25, 0.3) is 0 Å². The summed E-state index contributed by atoms with van der Waals surface area (Å²) in [4.78, 5) is 20.9. The fraction of sp³-hybridized carbons (Fsp3) is 0.684. The van der Waals surface area contributed by atoms with E-state index in [0.29, 0.717) is 24.4 Å². The van der Waals surface area contributed by atoms with Crippen LogP contribution < -0.4 is 5.32 Å². The van der Waals surface area contributed by atoms with Gasteiger partial charge < -0.3 is 19.9 Å². The molecule has 6 heteroatoms. The quantitative estimate of drug-likeness (QED) is 0.886. The molecule has 0 aromatic carbocycles. The number of nitrogens with one attached hydrogen (secondary N) is 1. The molecule has 3 atom stereocenters. The second kappa shape index (κ2) is 8.15. The van der Waals surface area contributed by atoms with Crippen LogP contribution in [0.3, 0.4) is 0 Å². The van der Waals surface area contributed by atoms with E-state index in [1.54, 1.807) is 12.4 Å². The summed E-state index contributed by atoms with van der Waals surface area (Å²) in [6.45, 7) is 8.30. The van der Waals surface area contributed by atoms with E-state index in [1.807, 2.05) is 17.0 Å². The zero-order valence-corrected chi connectivity index (χ0v) is 15.5. The number of hydrogen-bond donors (Lipinski definition) is 1. The molecular formula is C19H30N4O2. The topological polar surface area (TPSA) is 57.7 Å². The molecule has 0 radical (unpaired) electrons. The predicted octanol–water partition coefficient (Wildman–Crippen LogP) is 1.97. The first-order valence-electron chi connectivity index (χ1n) is 9.28. The number of nitrogens with zero attached hydrogens (tertiary/aromatic N) is 3. The monoisotopic (exact) mass is 346 g/mol. The summed E-state index contributed by atoms with van der Waals surface area (Å²) in [5, 5.41) is 3.02. The first kappa shape index (κ1) is 18.1. The minimum absolute atomic E-state index is 0.0187. The molecule has 0 bridgehead atoms. The molecule has 0 aliphatic carbocycles. The van der Waals surface area contributed by atoms with Crippen LogP contribution in [0, 0.1) is 11.8 Å². The summed E-state index contributed by atoms with van der Waals surface area (Å²) in [6.07, 6.45) is 4.79. The average Bonchev–Trinajstić information content (AvgIpc) is 3.02. The van der Waals surface area contributed by atoms with Gasteiger partial charge in [0.25, 0.3) is 0 Å². The van der Waals surface area contributed by atoms with Gasteiger partial charge in [0, 0.05) is 50.5 Å². The first-order valence-corrected chi connectivity index (χ1v) is 9.28. The Morgan fingerprint density at radius 3 is 3.08 bits per heavy atom. The number of pyridine rings is 1. The van der Waals surface area contributed by atoms with Gasteiger partial charge >= 0.3 is 6.03 Å². The summed E-state index contributed by atoms with van der Waals surface area (Å²) in [7, 11) is 2.14. The van der Waals surface area contributed by atoms with Gasteiger partial charge in [0.15, 0.2) is 0 Å². The standard InChI is InChI=1S/C19H30N4O2/c1-14(2)22(3)12-18-17-11-23(8-6-16(17)13-25-18)19(24)21-10-15-5-4-7-20-9-15/h4-5,7,9,14,16-18H,6,8,10-13H2,1-3H3,(H,21,24)/t16-,17-,18+/m1/s1. The molecule has 3 rings (SSSR count). The average molecular weight is 346 g/mol. The van der Waals surface area contributed by atoms with Crippen molar-refractivity contribution in [2.24, 2.45) is 11.8 Å². The Balaban J connectivity index is 1.53. The highest BCUT2D eigenvalue weighted by atomic mass is 16.5. The number of urea groups is 1. The van der Waals surface area contributed by atoms with Crippen LogP contribution in [0.5, 0.6) is 0 Å². The van der Waals surface area contributed by atoms with E-state index in [2.05, 4.69) is 36.1 Å². The molecule has 0 spiro atoms. The van der Waals surface area contributed by atoms with Gasteiger partial charge in [-0.3, -0.25) is 4.98 Å². The van der Waals surface area contributed by atoms with Crippen molar-refractivity contribution < 1.29 is 9.53 Å². The number of fused-ring (bicyclic) bond motifs is 1. The number of piperidine rings is 1. The van der Waals surface area contributed by atoms with Gasteiger partial charge in [0.1, 0.15) is 0 Å². The van der Waals surface area contributed by atoms with Crippen molar-refractivity contribution in [1.82, 2.24) is 20.1 Å². The highest BCUT2D eigenvalue weighted by Gasteiger charge is 2.42. The zero-order valence-electron chi connectivity index (χ0n) is 15.5. The molecule has 1 aromatic rings. The van der Waals surface area contributed by atoms with Gasteiger partial charge in [-0.2, -0.15) is 0 Å². The highest BCUT2D eigenvalue weighted by molar-refractivity contribution is 5.74. The van der Waals surface area contributed by atoms with Crippen molar-refractivity contribution in [1.29, 1.82) is 0 Å². The first-order chi connectivity index (χ1) is 12.0. The highest BCUT2D eigenvalue weighted by Crippen LogP contribution is 2.34. The molecule has 138 valence electrons. The van der Waals surface area contributed by atoms with Crippen LogP contribution in [0.2, 0.25) is 0 Å². The lowest BCUT2D eigenvalue weighted by molar-refractivity contribution is 0.0471. The Kier molecular flexibility index (Phi) is 5.91. The molecule has 25 heavy (non-hydrogen) atoms. The van der Waals surface area contributed by atoms with E-state index < -0.39 is 0 Å². The van der Waals surface area contributed by atoms with E-state index in [-0.39, 0.29) is 12.1 Å². The van der Waals surface area contributed by atoms with Crippen molar-refractivity contribution in [2.75, 3.05) is 33.3 Å². The Morgan fingerprint density at radius 2 is 2.36 bits per heavy atom. The molecular weight excluding hydrogens is 316 g/mol. The third kappa shape index (κ3) is 4.50. The Labute approximate surface area is 150 Å². The third-order valence-corrected chi connectivity index (χ3v) is 5.61. The van der Waals surface area contributed by atoms with Crippen molar-refractivity contribution in [3.8, 4) is 0 Å². The zero-order chi connectivity index (χ0) is 17.8. The van der Waals surface area contributed by atoms with Crippen LogP contribution in [-0.4, -0.2) is 66.2 Å². The summed E-state index contributed by atoms with van der Waals surface area (Å²) in [5.41, 5.74) is 1.02. The van der Waals surface area contributed by atoms with Crippen LogP contribution in [-0.2, 0) is 11.3 Å². The number of aromatic nitrogens is 1. The summed E-state index contributed by atoms with van der Waals surface area (Å²) in [6, 6.07) is 4.39. The van der Waals surface area contributed by atoms with E-state index in [1.165, 1.54) is 0 Å². The SMILES string of the molecule is CC(C)N(C)C[C@@H]1OC[C@H]2CCN(C(=O)NCc3cccnc3)C[C@H]21. The van der Waals surface area contributed by atoms with Crippen molar-refractivity contribution in [3.05, 3.63) is 30.1 Å². The van der Waals surface area contributed by atoms with Gasteiger partial charge in [0.05, 0.1) is 12.7 Å². The predicted molar refractivity (Wildman–Crippen MR) is 97.1 cm³/mol. The molecule has 2 saturated heterocycles. The van der Waals surface area contributed by atoms with Gasteiger partial charge in [-0.25, -0.2) is 4.79 Å². The molecule has 2 fully saturated rings. The normalized spacial score (nSPS) is 26.1. The minimum atomic E-state index is 0.0187. The molecule has 2 amide bonds. The van der Waals surface area contributed by atoms with Gasteiger partial charge in [-0.05, 0) is 44.9 Å². The van der Waals surface area contributed by atoms with Gasteiger partial charge in [-0.15, -0.1) is 0 Å². The molecule has 2 aliphatic rings. The number of carbonyl (C=O) groups excluding carboxylic acids is 1. The van der Waals surface area contributed by atoms with Crippen LogP contribution in [0.15, 0.2) is 24.5 Å². The fourth-order valence-corrected chi connectivity index (χ4v) is 3.69. The number of rotatable bonds is 5. The Hall–Kier alpha value is -1.66. The van der Waals surface area contributed by atoms with E-state index in [9.17, 15) is 4.79 Å². The van der Waals surface area contributed by atoms with E-state index in [0.717, 1.165) is 38.2 Å². The molecule has 0 saturated carbocycles. The largest absolute Gasteiger partial charge is 0.376 e. The number of amides is 2. The van der Waals surface area contributed by atoms with E-state index in [4.69, 9.17) is 4.74 Å². The minimum Gasteiger partial charge on any atom is -0.376 e. The van der Waals surface area contributed by atoms with Crippen LogP contribution in [0.1, 0.15) is 25.8 Å². The van der Waals surface area contributed by atoms with Crippen molar-refractivity contribution in [3.63, 3.8) is 0 Å². The number of likely N-dealkylation sites (N-methyl/N-ethyl adjacent to an activating group) is 1. The maximum Gasteiger partial charge on any atom is 0.317 e. The Bertz CT molecular complexity index is 566. The van der Waals surface area contributed by atoms with Gasteiger partial charge in [-0.1, -0.05) is 6.07 Å². The molecule has 1 N–H and O–H groups in total. The third-order valence-electron chi connectivity index (χ3n) is 5.61. The molecule has 3 heterocycles. The molecule has 1 aromatic heterocycles. The van der Waals surface area contributed by atoms with Gasteiger partial charge in [0.2, 0.25) is 0 Å². The lowest BCUT2D eigenvalue weighted by Crippen LogP contribution is -2.50. The van der Waals surface area contributed by atoms with Crippen LogP contribution in [0.4, 0.5) is 4.79 Å².